The molecule has 0 bridgehead atoms. The van der Waals surface area contributed by atoms with Crippen LogP contribution in [0.3, 0.4) is 0 Å². The van der Waals surface area contributed by atoms with E-state index in [0.29, 0.717) is 12.3 Å². The lowest BCUT2D eigenvalue weighted by molar-refractivity contribution is 0.0617. The predicted molar refractivity (Wildman–Crippen MR) is 93.5 cm³/mol. The van der Waals surface area contributed by atoms with Crippen molar-refractivity contribution in [3.8, 4) is 6.07 Å². The number of hydrogen-bond donors (Lipinski definition) is 0. The number of nitrogens with zero attached hydrogens (tertiary/aromatic N) is 2. The molecule has 3 heteroatoms. The first-order valence-corrected chi connectivity index (χ1v) is 9.56. The van der Waals surface area contributed by atoms with E-state index >= 15 is 0 Å². The minimum atomic E-state index is 0.250. The van der Waals surface area contributed by atoms with Gasteiger partial charge in [0.15, 0.2) is 0 Å². The lowest BCUT2D eigenvalue weighted by Gasteiger charge is -2.43. The molecule has 0 radical (unpaired) electrons. The third-order valence-corrected chi connectivity index (χ3v) is 6.73. The Morgan fingerprint density at radius 2 is 1.95 bits per heavy atom. The quantitative estimate of drug-likeness (QED) is 0.813. The summed E-state index contributed by atoms with van der Waals surface area (Å²) in [6.45, 7) is 7.90. The number of likely N-dealkylation sites (tertiary alicyclic amines) is 1. The first-order valence-electron chi connectivity index (χ1n) is 8.41. The highest BCUT2D eigenvalue weighted by Crippen LogP contribution is 2.42. The van der Waals surface area contributed by atoms with Crippen molar-refractivity contribution in [1.82, 2.24) is 4.90 Å². The Morgan fingerprint density at radius 3 is 2.64 bits per heavy atom. The smallest absolute Gasteiger partial charge is 0.0627 e. The summed E-state index contributed by atoms with van der Waals surface area (Å²) in [5.41, 5.74) is 4.78. The summed E-state index contributed by atoms with van der Waals surface area (Å²) < 4.78 is 0. The van der Waals surface area contributed by atoms with Gasteiger partial charge in [-0.25, -0.2) is 0 Å². The third-order valence-electron chi connectivity index (χ3n) is 5.70. The van der Waals surface area contributed by atoms with Crippen LogP contribution in [0.15, 0.2) is 18.2 Å². The molecule has 118 valence electrons. The normalized spacial score (nSPS) is 20.8. The minimum Gasteiger partial charge on any atom is -0.299 e. The molecule has 2 aliphatic rings. The maximum absolute atomic E-state index is 9.16. The Balaban J connectivity index is 1.61. The van der Waals surface area contributed by atoms with Crippen LogP contribution in [0.2, 0.25) is 0 Å². The first-order chi connectivity index (χ1) is 10.6. The number of nitriles is 1. The zero-order valence-corrected chi connectivity index (χ0v) is 14.6. The van der Waals surface area contributed by atoms with E-state index in [1.165, 1.54) is 35.5 Å². The molecule has 1 aromatic carbocycles. The van der Waals surface area contributed by atoms with Crippen molar-refractivity contribution in [3.05, 3.63) is 34.9 Å². The van der Waals surface area contributed by atoms with Gasteiger partial charge in [0.1, 0.15) is 0 Å². The summed E-state index contributed by atoms with van der Waals surface area (Å²) in [6.07, 6.45) is 3.05. The van der Waals surface area contributed by atoms with Gasteiger partial charge in [0.2, 0.25) is 0 Å². The molecule has 1 saturated heterocycles. The molecule has 0 unspecified atom stereocenters. The summed E-state index contributed by atoms with van der Waals surface area (Å²) in [4.78, 5) is 2.57. The highest BCUT2D eigenvalue weighted by molar-refractivity contribution is 7.98. The van der Waals surface area contributed by atoms with E-state index in [1.54, 1.807) is 5.56 Å². The van der Waals surface area contributed by atoms with Crippen molar-refractivity contribution in [2.75, 3.05) is 13.1 Å². The molecular formula is C19H26N2S. The predicted octanol–water partition coefficient (Wildman–Crippen LogP) is 4.59. The summed E-state index contributed by atoms with van der Waals surface area (Å²) in [6, 6.07) is 9.48. The second-order valence-corrected chi connectivity index (χ2v) is 8.21. The van der Waals surface area contributed by atoms with Gasteiger partial charge in [0, 0.05) is 24.5 Å². The van der Waals surface area contributed by atoms with Gasteiger partial charge in [-0.2, -0.15) is 17.0 Å². The molecule has 0 atom stereocenters. The number of thioether (sulfide) groups is 1. The Labute approximate surface area is 138 Å². The van der Waals surface area contributed by atoms with Crippen molar-refractivity contribution < 1.29 is 0 Å². The molecule has 0 aromatic heterocycles. The molecule has 3 rings (SSSR count). The van der Waals surface area contributed by atoms with Crippen LogP contribution in [0.1, 0.15) is 49.8 Å². The fourth-order valence-corrected chi connectivity index (χ4v) is 4.95. The van der Waals surface area contributed by atoms with Crippen LogP contribution in [-0.4, -0.2) is 18.0 Å². The molecule has 2 aliphatic heterocycles. The highest BCUT2D eigenvalue weighted by atomic mass is 32.2. The van der Waals surface area contributed by atoms with Crippen LogP contribution in [-0.2, 0) is 18.1 Å². The zero-order chi connectivity index (χ0) is 15.6. The number of hydrogen-bond acceptors (Lipinski definition) is 3. The van der Waals surface area contributed by atoms with Gasteiger partial charge in [-0.1, -0.05) is 32.0 Å². The monoisotopic (exact) mass is 314 g/mol. The third kappa shape index (κ3) is 3.19. The van der Waals surface area contributed by atoms with Gasteiger partial charge in [-0.05, 0) is 54.0 Å². The molecule has 2 heterocycles. The Kier molecular flexibility index (Phi) is 4.80. The summed E-state index contributed by atoms with van der Waals surface area (Å²) in [5, 5.41) is 9.16. The van der Waals surface area contributed by atoms with Gasteiger partial charge >= 0.3 is 0 Å². The zero-order valence-electron chi connectivity index (χ0n) is 13.8. The molecule has 0 aliphatic carbocycles. The van der Waals surface area contributed by atoms with Crippen LogP contribution < -0.4 is 0 Å². The van der Waals surface area contributed by atoms with E-state index in [9.17, 15) is 0 Å². The molecule has 1 fully saturated rings. The molecule has 0 N–H and O–H groups in total. The number of benzene rings is 1. The van der Waals surface area contributed by atoms with Crippen LogP contribution >= 0.6 is 11.8 Å². The van der Waals surface area contributed by atoms with Crippen LogP contribution in [0.25, 0.3) is 0 Å². The van der Waals surface area contributed by atoms with Gasteiger partial charge in [-0.15, -0.1) is 0 Å². The van der Waals surface area contributed by atoms with E-state index in [2.05, 4.69) is 43.0 Å². The average Bonchev–Trinajstić information content (AvgIpc) is 2.97. The first kappa shape index (κ1) is 15.9. The topological polar surface area (TPSA) is 27.0 Å². The molecule has 0 saturated carbocycles. The van der Waals surface area contributed by atoms with Crippen molar-refractivity contribution in [2.45, 2.75) is 51.2 Å². The van der Waals surface area contributed by atoms with Gasteiger partial charge in [-0.3, -0.25) is 4.90 Å². The summed E-state index contributed by atoms with van der Waals surface area (Å²) >= 11 is 2.02. The van der Waals surface area contributed by atoms with Crippen molar-refractivity contribution in [2.24, 2.45) is 11.3 Å². The maximum Gasteiger partial charge on any atom is 0.0627 e. The van der Waals surface area contributed by atoms with Crippen molar-refractivity contribution in [3.63, 3.8) is 0 Å². The lowest BCUT2D eigenvalue weighted by atomic mass is 9.68. The maximum atomic E-state index is 9.16. The lowest BCUT2D eigenvalue weighted by Crippen LogP contribution is -2.42. The van der Waals surface area contributed by atoms with Crippen LogP contribution in [0.4, 0.5) is 0 Å². The summed E-state index contributed by atoms with van der Waals surface area (Å²) in [7, 11) is 0. The fraction of sp³-hybridized carbons (Fsp3) is 0.632. The molecular weight excluding hydrogens is 288 g/mol. The van der Waals surface area contributed by atoms with Gasteiger partial charge < -0.3 is 0 Å². The van der Waals surface area contributed by atoms with E-state index in [-0.39, 0.29) is 5.41 Å². The minimum absolute atomic E-state index is 0.250. The fourth-order valence-electron chi connectivity index (χ4n) is 3.85. The Bertz CT molecular complexity index is 565. The molecule has 0 amide bonds. The molecule has 2 nitrogen and oxygen atoms in total. The van der Waals surface area contributed by atoms with E-state index in [1.807, 2.05) is 11.8 Å². The Morgan fingerprint density at radius 1 is 1.23 bits per heavy atom. The second-order valence-electron chi connectivity index (χ2n) is 7.22. The van der Waals surface area contributed by atoms with Gasteiger partial charge in [0.05, 0.1) is 6.07 Å². The van der Waals surface area contributed by atoms with Crippen molar-refractivity contribution >= 4 is 11.8 Å². The Hall–Kier alpha value is -0.980. The summed E-state index contributed by atoms with van der Waals surface area (Å²) in [5.74, 6) is 2.97. The molecule has 1 aromatic rings. The number of piperidine rings is 1. The van der Waals surface area contributed by atoms with E-state index in [4.69, 9.17) is 5.26 Å². The number of fused-ring (bicyclic) bond motifs is 1. The van der Waals surface area contributed by atoms with Crippen LogP contribution in [0, 0.1) is 22.7 Å². The van der Waals surface area contributed by atoms with Gasteiger partial charge in [0.25, 0.3) is 0 Å². The molecule has 0 spiro atoms. The average molecular weight is 314 g/mol. The van der Waals surface area contributed by atoms with E-state index < -0.39 is 0 Å². The van der Waals surface area contributed by atoms with E-state index in [0.717, 1.165) is 19.6 Å². The standard InChI is InChI=1S/C19H26N2S/c1-15(2)19(5-8-20)6-9-21(10-7-19)12-16-3-4-17-13-22-14-18(17)11-16/h3-4,11,15H,5-7,9-10,12-14H2,1-2H3. The van der Waals surface area contributed by atoms with Crippen molar-refractivity contribution in [1.29, 1.82) is 5.26 Å². The number of rotatable bonds is 4. The highest BCUT2D eigenvalue weighted by Gasteiger charge is 2.37. The van der Waals surface area contributed by atoms with Crippen LogP contribution in [0.5, 0.6) is 0 Å². The largest absolute Gasteiger partial charge is 0.299 e. The SMILES string of the molecule is CC(C)C1(CC#N)CCN(Cc2ccc3c(c2)CSC3)CC1. The second kappa shape index (κ2) is 6.64. The molecule has 22 heavy (non-hydrogen) atoms.